The zero-order valence-electron chi connectivity index (χ0n) is 10.5. The molecule has 0 spiro atoms. The van der Waals surface area contributed by atoms with E-state index in [4.69, 9.17) is 6.42 Å². The molecule has 1 aromatic rings. The summed E-state index contributed by atoms with van der Waals surface area (Å²) < 4.78 is 2.02. The molecule has 0 fully saturated rings. The molecule has 0 aliphatic heterocycles. The number of hydrogen-bond acceptors (Lipinski definition) is 2. The zero-order chi connectivity index (χ0) is 12.0. The molecule has 0 unspecified atom stereocenters. The summed E-state index contributed by atoms with van der Waals surface area (Å²) >= 11 is 0. The average molecular weight is 219 g/mol. The molecule has 0 aliphatic carbocycles. The Bertz CT molecular complexity index is 371. The highest BCUT2D eigenvalue weighted by atomic mass is 15.3. The van der Waals surface area contributed by atoms with Gasteiger partial charge in [-0.2, -0.15) is 5.10 Å². The molecule has 16 heavy (non-hydrogen) atoms. The van der Waals surface area contributed by atoms with Gasteiger partial charge in [-0.1, -0.05) is 6.92 Å². The molecular formula is C13H21N3. The van der Waals surface area contributed by atoms with Gasteiger partial charge in [-0.05, 0) is 38.9 Å². The average Bonchev–Trinajstić information content (AvgIpc) is 2.54. The first-order valence-electron chi connectivity index (χ1n) is 5.87. The fourth-order valence-electron chi connectivity index (χ4n) is 1.87. The Kier molecular flexibility index (Phi) is 5.07. The van der Waals surface area contributed by atoms with Gasteiger partial charge in [0.1, 0.15) is 0 Å². The second kappa shape index (κ2) is 6.34. The number of nitrogens with one attached hydrogen (secondary N) is 1. The van der Waals surface area contributed by atoms with E-state index >= 15 is 0 Å². The Labute approximate surface area is 98.2 Å². The third kappa shape index (κ3) is 3.11. The van der Waals surface area contributed by atoms with Crippen LogP contribution in [0.4, 0.5) is 0 Å². The van der Waals surface area contributed by atoms with Gasteiger partial charge >= 0.3 is 0 Å². The Morgan fingerprint density at radius 1 is 1.44 bits per heavy atom. The van der Waals surface area contributed by atoms with Gasteiger partial charge in [0.05, 0.1) is 12.2 Å². The van der Waals surface area contributed by atoms with Crippen LogP contribution in [0.2, 0.25) is 0 Å². The maximum atomic E-state index is 5.27. The first-order chi connectivity index (χ1) is 7.70. The monoisotopic (exact) mass is 219 g/mol. The van der Waals surface area contributed by atoms with E-state index in [0.717, 1.165) is 38.2 Å². The van der Waals surface area contributed by atoms with Crippen molar-refractivity contribution in [3.63, 3.8) is 0 Å². The summed E-state index contributed by atoms with van der Waals surface area (Å²) in [7, 11) is 0. The van der Waals surface area contributed by atoms with Crippen LogP contribution in [0.15, 0.2) is 0 Å². The molecule has 0 aromatic carbocycles. The van der Waals surface area contributed by atoms with Crippen molar-refractivity contribution in [3.8, 4) is 12.3 Å². The first-order valence-corrected chi connectivity index (χ1v) is 5.87. The van der Waals surface area contributed by atoms with Gasteiger partial charge in [0, 0.05) is 12.1 Å². The van der Waals surface area contributed by atoms with Crippen LogP contribution in [0.25, 0.3) is 0 Å². The van der Waals surface area contributed by atoms with Crippen molar-refractivity contribution in [1.82, 2.24) is 15.1 Å². The molecule has 0 aliphatic rings. The number of rotatable bonds is 6. The fourth-order valence-corrected chi connectivity index (χ4v) is 1.87. The van der Waals surface area contributed by atoms with E-state index in [1.165, 1.54) is 11.3 Å². The van der Waals surface area contributed by atoms with E-state index in [0.29, 0.717) is 0 Å². The normalized spacial score (nSPS) is 10.4. The van der Waals surface area contributed by atoms with Crippen molar-refractivity contribution in [3.05, 3.63) is 17.0 Å². The summed E-state index contributed by atoms with van der Waals surface area (Å²) in [6.45, 7) is 9.17. The maximum absolute atomic E-state index is 5.27. The highest BCUT2D eigenvalue weighted by Gasteiger charge is 2.10. The van der Waals surface area contributed by atoms with E-state index in [9.17, 15) is 0 Å². The Morgan fingerprint density at radius 3 is 2.81 bits per heavy atom. The van der Waals surface area contributed by atoms with Crippen LogP contribution in [0.3, 0.4) is 0 Å². The van der Waals surface area contributed by atoms with E-state index in [2.05, 4.69) is 37.1 Å². The molecule has 0 bridgehead atoms. The van der Waals surface area contributed by atoms with Crippen molar-refractivity contribution in [2.45, 2.75) is 40.2 Å². The van der Waals surface area contributed by atoms with Gasteiger partial charge in [-0.3, -0.25) is 4.68 Å². The van der Waals surface area contributed by atoms with Crippen LogP contribution in [0, 0.1) is 26.2 Å². The van der Waals surface area contributed by atoms with Crippen LogP contribution < -0.4 is 5.32 Å². The molecule has 0 atom stereocenters. The number of hydrogen-bond donors (Lipinski definition) is 1. The van der Waals surface area contributed by atoms with Crippen LogP contribution in [-0.4, -0.2) is 22.9 Å². The van der Waals surface area contributed by atoms with Crippen LogP contribution in [0.5, 0.6) is 0 Å². The molecule has 3 nitrogen and oxygen atoms in total. The Balaban J connectivity index is 2.69. The quantitative estimate of drug-likeness (QED) is 0.582. The molecular weight excluding hydrogens is 198 g/mol. The SMILES string of the molecule is C#CCCn1nc(C)c(CCNCC)c1C. The van der Waals surface area contributed by atoms with E-state index in [-0.39, 0.29) is 0 Å². The summed E-state index contributed by atoms with van der Waals surface area (Å²) in [6, 6.07) is 0. The molecule has 88 valence electrons. The van der Waals surface area contributed by atoms with Crippen molar-refractivity contribution in [2.75, 3.05) is 13.1 Å². The highest BCUT2D eigenvalue weighted by molar-refractivity contribution is 5.24. The second-order valence-electron chi connectivity index (χ2n) is 3.93. The Hall–Kier alpha value is -1.27. The zero-order valence-corrected chi connectivity index (χ0v) is 10.5. The molecule has 0 saturated carbocycles. The van der Waals surface area contributed by atoms with Gasteiger partial charge in [0.2, 0.25) is 0 Å². The maximum Gasteiger partial charge on any atom is 0.0628 e. The number of aryl methyl sites for hydroxylation is 2. The largest absolute Gasteiger partial charge is 0.317 e. The van der Waals surface area contributed by atoms with Crippen LogP contribution >= 0.6 is 0 Å². The van der Waals surface area contributed by atoms with Gasteiger partial charge in [-0.25, -0.2) is 0 Å². The summed E-state index contributed by atoms with van der Waals surface area (Å²) in [5.74, 6) is 2.65. The number of likely N-dealkylation sites (N-methyl/N-ethyl adjacent to an activating group) is 1. The molecule has 1 aromatic heterocycles. The number of terminal acetylenes is 1. The predicted molar refractivity (Wildman–Crippen MR) is 67.4 cm³/mol. The van der Waals surface area contributed by atoms with Crippen molar-refractivity contribution in [1.29, 1.82) is 0 Å². The summed E-state index contributed by atoms with van der Waals surface area (Å²) in [5, 5.41) is 7.85. The van der Waals surface area contributed by atoms with Gasteiger partial charge in [0.25, 0.3) is 0 Å². The lowest BCUT2D eigenvalue weighted by Crippen LogP contribution is -2.16. The van der Waals surface area contributed by atoms with E-state index < -0.39 is 0 Å². The van der Waals surface area contributed by atoms with Gasteiger partial charge in [-0.15, -0.1) is 12.3 Å². The molecule has 1 heterocycles. The third-order valence-corrected chi connectivity index (χ3v) is 2.80. The smallest absolute Gasteiger partial charge is 0.0628 e. The minimum Gasteiger partial charge on any atom is -0.317 e. The standard InChI is InChI=1S/C13H21N3/c1-5-7-10-16-12(4)13(11(3)15-16)8-9-14-6-2/h1,14H,6-10H2,2-4H3. The van der Waals surface area contributed by atoms with Crippen molar-refractivity contribution < 1.29 is 0 Å². The van der Waals surface area contributed by atoms with Gasteiger partial charge < -0.3 is 5.32 Å². The number of aromatic nitrogens is 2. The lowest BCUT2D eigenvalue weighted by Gasteiger charge is -2.04. The summed E-state index contributed by atoms with van der Waals surface area (Å²) in [6.07, 6.45) is 7.06. The molecule has 1 N–H and O–H groups in total. The summed E-state index contributed by atoms with van der Waals surface area (Å²) in [5.41, 5.74) is 3.75. The Morgan fingerprint density at radius 2 is 2.19 bits per heavy atom. The molecule has 0 radical (unpaired) electrons. The fraction of sp³-hybridized carbons (Fsp3) is 0.615. The first kappa shape index (κ1) is 12.8. The third-order valence-electron chi connectivity index (χ3n) is 2.80. The lowest BCUT2D eigenvalue weighted by atomic mass is 10.1. The van der Waals surface area contributed by atoms with Crippen LogP contribution in [-0.2, 0) is 13.0 Å². The van der Waals surface area contributed by atoms with Crippen molar-refractivity contribution >= 4 is 0 Å². The minimum absolute atomic E-state index is 0.745. The summed E-state index contributed by atoms with van der Waals surface area (Å²) in [4.78, 5) is 0. The minimum atomic E-state index is 0.745. The van der Waals surface area contributed by atoms with Crippen LogP contribution in [0.1, 0.15) is 30.3 Å². The molecule has 3 heteroatoms. The van der Waals surface area contributed by atoms with Gasteiger partial charge in [0.15, 0.2) is 0 Å². The topological polar surface area (TPSA) is 29.9 Å². The molecule has 1 rings (SSSR count). The predicted octanol–water partition coefficient (Wildman–Crippen LogP) is 1.68. The highest BCUT2D eigenvalue weighted by Crippen LogP contribution is 2.13. The molecule has 0 amide bonds. The van der Waals surface area contributed by atoms with E-state index in [1.54, 1.807) is 0 Å². The second-order valence-corrected chi connectivity index (χ2v) is 3.93. The lowest BCUT2D eigenvalue weighted by molar-refractivity contribution is 0.606. The number of nitrogens with zero attached hydrogens (tertiary/aromatic N) is 2. The van der Waals surface area contributed by atoms with Crippen molar-refractivity contribution in [2.24, 2.45) is 0 Å². The van der Waals surface area contributed by atoms with E-state index in [1.807, 2.05) is 4.68 Å². The molecule has 0 saturated heterocycles.